The van der Waals surface area contributed by atoms with E-state index < -0.39 is 0 Å². The first-order valence-corrected chi connectivity index (χ1v) is 10.1. The molecule has 1 N–H and O–H groups in total. The van der Waals surface area contributed by atoms with Gasteiger partial charge in [-0.05, 0) is 49.7 Å². The Morgan fingerprint density at radius 2 is 1.63 bits per heavy atom. The van der Waals surface area contributed by atoms with E-state index in [0.717, 1.165) is 30.1 Å². The molecule has 2 aliphatic heterocycles. The molecule has 0 radical (unpaired) electrons. The number of rotatable bonds is 4. The molecule has 156 valence electrons. The smallest absolute Gasteiger partial charge is 0.261 e. The molecule has 0 aromatic heterocycles. The predicted octanol–water partition coefficient (Wildman–Crippen LogP) is 2.77. The van der Waals surface area contributed by atoms with Gasteiger partial charge in [-0.2, -0.15) is 0 Å². The maximum Gasteiger partial charge on any atom is 0.261 e. The second kappa shape index (κ2) is 8.01. The molecule has 2 atom stereocenters. The van der Waals surface area contributed by atoms with Crippen molar-refractivity contribution in [1.29, 1.82) is 0 Å². The third kappa shape index (κ3) is 3.99. The normalized spacial score (nSPS) is 21.6. The minimum atomic E-state index is -0.359. The molecule has 2 aromatic carbocycles. The average Bonchev–Trinajstić information content (AvgIpc) is 2.91. The lowest BCUT2D eigenvalue weighted by Gasteiger charge is -2.35. The average molecular weight is 407 g/mol. The number of morpholine rings is 1. The van der Waals surface area contributed by atoms with E-state index in [0.29, 0.717) is 22.4 Å². The van der Waals surface area contributed by atoms with Crippen molar-refractivity contribution >= 4 is 23.4 Å². The zero-order valence-corrected chi connectivity index (χ0v) is 17.3. The topological polar surface area (TPSA) is 79.0 Å². The van der Waals surface area contributed by atoms with E-state index in [1.54, 1.807) is 30.3 Å². The first-order chi connectivity index (χ1) is 14.3. The van der Waals surface area contributed by atoms with Gasteiger partial charge in [-0.3, -0.25) is 24.2 Å². The Hall–Kier alpha value is -3.03. The van der Waals surface area contributed by atoms with Crippen LogP contribution in [0.25, 0.3) is 0 Å². The molecule has 2 aromatic rings. The fourth-order valence-corrected chi connectivity index (χ4v) is 4.08. The molecule has 3 amide bonds. The molecular formula is C23H25N3O4. The minimum Gasteiger partial charge on any atom is -0.373 e. The summed E-state index contributed by atoms with van der Waals surface area (Å²) in [5, 5.41) is 2.80. The molecule has 7 nitrogen and oxygen atoms in total. The summed E-state index contributed by atoms with van der Waals surface area (Å²) in [5.41, 5.74) is 2.82. The van der Waals surface area contributed by atoms with Gasteiger partial charge in [0.05, 0.1) is 23.3 Å². The molecule has 7 heteroatoms. The number of amides is 3. The second-order valence-electron chi connectivity index (χ2n) is 8.03. The summed E-state index contributed by atoms with van der Waals surface area (Å²) in [6.07, 6.45) is 0.432. The molecule has 1 saturated heterocycles. The van der Waals surface area contributed by atoms with E-state index in [-0.39, 0.29) is 29.9 Å². The lowest BCUT2D eigenvalue weighted by atomic mass is 10.1. The van der Waals surface area contributed by atoms with E-state index in [2.05, 4.69) is 24.1 Å². The van der Waals surface area contributed by atoms with Gasteiger partial charge in [-0.25, -0.2) is 0 Å². The summed E-state index contributed by atoms with van der Waals surface area (Å²) in [4.78, 5) is 40.2. The van der Waals surface area contributed by atoms with Gasteiger partial charge < -0.3 is 10.1 Å². The molecule has 30 heavy (non-hydrogen) atoms. The number of ether oxygens (including phenoxy) is 1. The van der Waals surface area contributed by atoms with Crippen LogP contribution in [-0.2, 0) is 11.3 Å². The summed E-state index contributed by atoms with van der Waals surface area (Å²) in [6.45, 7) is 6.75. The Morgan fingerprint density at radius 3 is 2.30 bits per heavy atom. The van der Waals surface area contributed by atoms with Gasteiger partial charge in [0.15, 0.2) is 0 Å². The van der Waals surface area contributed by atoms with Crippen LogP contribution in [0.2, 0.25) is 0 Å². The number of carbonyl (C=O) groups excluding carboxylic acids is 3. The Kier molecular flexibility index (Phi) is 5.40. The summed E-state index contributed by atoms with van der Waals surface area (Å²) in [7, 11) is 1.45. The predicted molar refractivity (Wildman–Crippen MR) is 113 cm³/mol. The summed E-state index contributed by atoms with van der Waals surface area (Å²) in [5.74, 6) is -0.949. The maximum atomic E-state index is 12.6. The van der Waals surface area contributed by atoms with Gasteiger partial charge >= 0.3 is 0 Å². The van der Waals surface area contributed by atoms with Crippen molar-refractivity contribution in [1.82, 2.24) is 9.80 Å². The van der Waals surface area contributed by atoms with Crippen LogP contribution in [0.1, 0.15) is 50.5 Å². The second-order valence-corrected chi connectivity index (χ2v) is 8.03. The zero-order valence-electron chi connectivity index (χ0n) is 17.3. The van der Waals surface area contributed by atoms with Crippen molar-refractivity contribution in [3.8, 4) is 0 Å². The molecule has 2 aliphatic rings. The van der Waals surface area contributed by atoms with Crippen molar-refractivity contribution in [2.75, 3.05) is 25.5 Å². The highest BCUT2D eigenvalue weighted by Crippen LogP contribution is 2.25. The van der Waals surface area contributed by atoms with Crippen LogP contribution in [-0.4, -0.2) is 59.9 Å². The van der Waals surface area contributed by atoms with Crippen LogP contribution in [0.3, 0.4) is 0 Å². The largest absolute Gasteiger partial charge is 0.373 e. The van der Waals surface area contributed by atoms with E-state index in [1.807, 2.05) is 12.1 Å². The summed E-state index contributed by atoms with van der Waals surface area (Å²) >= 11 is 0. The van der Waals surface area contributed by atoms with Crippen LogP contribution in [0.15, 0.2) is 42.5 Å². The van der Waals surface area contributed by atoms with Crippen LogP contribution < -0.4 is 5.32 Å². The van der Waals surface area contributed by atoms with Crippen LogP contribution in [0.5, 0.6) is 0 Å². The fraction of sp³-hybridized carbons (Fsp3) is 0.348. The van der Waals surface area contributed by atoms with E-state index in [4.69, 9.17) is 4.74 Å². The summed E-state index contributed by atoms with van der Waals surface area (Å²) in [6, 6.07) is 12.3. The van der Waals surface area contributed by atoms with Gasteiger partial charge in [-0.1, -0.05) is 12.1 Å². The van der Waals surface area contributed by atoms with Crippen LogP contribution >= 0.6 is 0 Å². The molecule has 0 spiro atoms. The molecule has 0 aliphatic carbocycles. The number of imide groups is 1. The number of hydrogen-bond donors (Lipinski definition) is 1. The summed E-state index contributed by atoms with van der Waals surface area (Å²) < 4.78 is 5.77. The third-order valence-electron chi connectivity index (χ3n) is 5.47. The van der Waals surface area contributed by atoms with Crippen molar-refractivity contribution in [3.05, 3.63) is 64.7 Å². The van der Waals surface area contributed by atoms with Crippen LogP contribution in [0, 0.1) is 0 Å². The van der Waals surface area contributed by atoms with Gasteiger partial charge in [-0.15, -0.1) is 0 Å². The minimum absolute atomic E-state index is 0.216. The Bertz CT molecular complexity index is 992. The molecule has 2 unspecified atom stereocenters. The number of fused-ring (bicyclic) bond motifs is 1. The molecule has 2 heterocycles. The standard InChI is InChI=1S/C23H25N3O4/c1-14-11-26(12-15(2)30-14)13-16-4-6-17(7-5-16)21(27)24-18-8-9-19-20(10-18)23(29)25(3)22(19)28/h4-10,14-15H,11-13H2,1-3H3,(H,24,27). The van der Waals surface area contributed by atoms with Gasteiger partial charge in [0.25, 0.3) is 17.7 Å². The van der Waals surface area contributed by atoms with E-state index in [1.165, 1.54) is 7.05 Å². The highest BCUT2D eigenvalue weighted by atomic mass is 16.5. The first kappa shape index (κ1) is 20.3. The highest BCUT2D eigenvalue weighted by molar-refractivity contribution is 6.21. The van der Waals surface area contributed by atoms with Crippen molar-refractivity contribution in [3.63, 3.8) is 0 Å². The quantitative estimate of drug-likeness (QED) is 0.789. The fourth-order valence-electron chi connectivity index (χ4n) is 4.08. The van der Waals surface area contributed by atoms with Crippen molar-refractivity contribution in [2.24, 2.45) is 0 Å². The monoisotopic (exact) mass is 407 g/mol. The Labute approximate surface area is 175 Å². The Balaban J connectivity index is 1.41. The molecule has 0 bridgehead atoms. The van der Waals surface area contributed by atoms with Crippen LogP contribution in [0.4, 0.5) is 5.69 Å². The lowest BCUT2D eigenvalue weighted by molar-refractivity contribution is -0.0704. The number of carbonyl (C=O) groups is 3. The van der Waals surface area contributed by atoms with E-state index >= 15 is 0 Å². The van der Waals surface area contributed by atoms with Gasteiger partial charge in [0, 0.05) is 37.9 Å². The number of nitrogens with one attached hydrogen (secondary N) is 1. The number of hydrogen-bond acceptors (Lipinski definition) is 5. The van der Waals surface area contributed by atoms with Crippen molar-refractivity contribution < 1.29 is 19.1 Å². The number of benzene rings is 2. The van der Waals surface area contributed by atoms with E-state index in [9.17, 15) is 14.4 Å². The van der Waals surface area contributed by atoms with Gasteiger partial charge in [0.1, 0.15) is 0 Å². The number of anilines is 1. The first-order valence-electron chi connectivity index (χ1n) is 10.1. The zero-order chi connectivity index (χ0) is 21.4. The highest BCUT2D eigenvalue weighted by Gasteiger charge is 2.32. The SMILES string of the molecule is CC1CN(Cc2ccc(C(=O)Nc3ccc4c(c3)C(=O)N(C)C4=O)cc2)CC(C)O1. The lowest BCUT2D eigenvalue weighted by Crippen LogP contribution is -2.44. The molecular weight excluding hydrogens is 382 g/mol. The third-order valence-corrected chi connectivity index (χ3v) is 5.47. The van der Waals surface area contributed by atoms with Crippen molar-refractivity contribution in [2.45, 2.75) is 32.6 Å². The molecule has 0 saturated carbocycles. The molecule has 4 rings (SSSR count). The number of nitrogens with zero attached hydrogens (tertiary/aromatic N) is 2. The Morgan fingerprint density at radius 1 is 1.00 bits per heavy atom. The molecule has 1 fully saturated rings. The maximum absolute atomic E-state index is 12.6. The van der Waals surface area contributed by atoms with Gasteiger partial charge in [0.2, 0.25) is 0 Å².